The molecule has 3 N–H and O–H groups in total. The van der Waals surface area contributed by atoms with Gasteiger partial charge in [0.2, 0.25) is 0 Å². The van der Waals surface area contributed by atoms with Crippen molar-refractivity contribution in [2.45, 2.75) is 20.3 Å². The quantitative estimate of drug-likeness (QED) is 0.253. The average molecular weight is 128 g/mol. The Morgan fingerprint density at radius 2 is 2.33 bits per heavy atom. The van der Waals surface area contributed by atoms with Gasteiger partial charge < -0.3 is 10.9 Å². The molecule has 0 heterocycles. The van der Waals surface area contributed by atoms with Gasteiger partial charge in [-0.15, -0.1) is 0 Å². The molecule has 0 aliphatic carbocycles. The van der Waals surface area contributed by atoms with Gasteiger partial charge >= 0.3 is 0 Å². The highest BCUT2D eigenvalue weighted by atomic mass is 16.4. The standard InChI is InChI=1S/C6H12N2O/c1-3-5(4-2)6(7)8-9/h3,9H,4H2,1-2H3,(H2,7,8)/b5-3+. The lowest BCUT2D eigenvalue weighted by Crippen LogP contribution is -2.13. The first-order valence-electron chi connectivity index (χ1n) is 2.89. The SMILES string of the molecule is C/C=C(CC)/C(N)=N/O. The molecule has 0 aromatic rings. The molecule has 0 aliphatic heterocycles. The largest absolute Gasteiger partial charge is 0.409 e. The minimum absolute atomic E-state index is 0.208. The maximum Gasteiger partial charge on any atom is 0.165 e. The van der Waals surface area contributed by atoms with E-state index in [0.29, 0.717) is 0 Å². The van der Waals surface area contributed by atoms with E-state index in [1.807, 2.05) is 19.9 Å². The number of nitrogens with two attached hydrogens (primary N) is 1. The van der Waals surface area contributed by atoms with Gasteiger partial charge in [-0.3, -0.25) is 0 Å². The third-order valence-electron chi connectivity index (χ3n) is 1.17. The first-order valence-corrected chi connectivity index (χ1v) is 2.89. The summed E-state index contributed by atoms with van der Waals surface area (Å²) in [7, 11) is 0. The topological polar surface area (TPSA) is 58.6 Å². The molecule has 0 atom stereocenters. The Labute approximate surface area is 54.9 Å². The molecular weight excluding hydrogens is 116 g/mol. The fourth-order valence-corrected chi connectivity index (χ4v) is 0.597. The summed E-state index contributed by atoms with van der Waals surface area (Å²) in [5, 5.41) is 11.0. The number of oxime groups is 1. The van der Waals surface area contributed by atoms with Gasteiger partial charge in [0.15, 0.2) is 5.84 Å². The molecule has 52 valence electrons. The normalized spacial score (nSPS) is 14.0. The van der Waals surface area contributed by atoms with Crippen LogP contribution in [0, 0.1) is 0 Å². The zero-order valence-electron chi connectivity index (χ0n) is 5.76. The second-order valence-corrected chi connectivity index (χ2v) is 1.65. The Bertz CT molecular complexity index is 138. The molecule has 0 saturated heterocycles. The number of rotatable bonds is 2. The molecule has 0 aromatic carbocycles. The van der Waals surface area contributed by atoms with Crippen LogP contribution in [0.3, 0.4) is 0 Å². The van der Waals surface area contributed by atoms with E-state index >= 15 is 0 Å². The van der Waals surface area contributed by atoms with Crippen molar-refractivity contribution < 1.29 is 5.21 Å². The van der Waals surface area contributed by atoms with Crippen molar-refractivity contribution in [2.75, 3.05) is 0 Å². The molecule has 9 heavy (non-hydrogen) atoms. The van der Waals surface area contributed by atoms with E-state index in [4.69, 9.17) is 10.9 Å². The van der Waals surface area contributed by atoms with Crippen LogP contribution in [-0.2, 0) is 0 Å². The van der Waals surface area contributed by atoms with Crippen LogP contribution in [0.25, 0.3) is 0 Å². The summed E-state index contributed by atoms with van der Waals surface area (Å²) < 4.78 is 0. The van der Waals surface area contributed by atoms with Gasteiger partial charge in [-0.1, -0.05) is 18.2 Å². The van der Waals surface area contributed by atoms with Crippen molar-refractivity contribution in [3.05, 3.63) is 11.6 Å². The Balaban J connectivity index is 4.14. The fourth-order valence-electron chi connectivity index (χ4n) is 0.597. The Morgan fingerprint density at radius 3 is 2.44 bits per heavy atom. The highest BCUT2D eigenvalue weighted by molar-refractivity contribution is 5.96. The summed E-state index contributed by atoms with van der Waals surface area (Å²) in [4.78, 5) is 0. The zero-order valence-corrected chi connectivity index (χ0v) is 5.76. The molecule has 0 amide bonds. The molecule has 0 bridgehead atoms. The van der Waals surface area contributed by atoms with Crippen molar-refractivity contribution in [3.63, 3.8) is 0 Å². The van der Waals surface area contributed by atoms with E-state index in [1.54, 1.807) is 0 Å². The van der Waals surface area contributed by atoms with E-state index in [9.17, 15) is 0 Å². The fraction of sp³-hybridized carbons (Fsp3) is 0.500. The predicted molar refractivity (Wildman–Crippen MR) is 37.5 cm³/mol. The summed E-state index contributed by atoms with van der Waals surface area (Å²) in [6.07, 6.45) is 2.63. The summed E-state index contributed by atoms with van der Waals surface area (Å²) in [6, 6.07) is 0. The molecule has 0 rings (SSSR count). The second kappa shape index (κ2) is 3.95. The highest BCUT2D eigenvalue weighted by Gasteiger charge is 1.96. The molecule has 0 radical (unpaired) electrons. The third-order valence-corrected chi connectivity index (χ3v) is 1.17. The molecular formula is C6H12N2O. The van der Waals surface area contributed by atoms with Crippen LogP contribution in [0.5, 0.6) is 0 Å². The van der Waals surface area contributed by atoms with Gasteiger partial charge in [0.25, 0.3) is 0 Å². The van der Waals surface area contributed by atoms with E-state index in [-0.39, 0.29) is 5.84 Å². The number of allylic oxidation sites excluding steroid dienone is 1. The Morgan fingerprint density at radius 1 is 1.78 bits per heavy atom. The highest BCUT2D eigenvalue weighted by Crippen LogP contribution is 1.98. The van der Waals surface area contributed by atoms with E-state index in [1.165, 1.54) is 0 Å². The third kappa shape index (κ3) is 2.17. The molecule has 0 spiro atoms. The maximum absolute atomic E-state index is 8.19. The van der Waals surface area contributed by atoms with Crippen molar-refractivity contribution in [3.8, 4) is 0 Å². The van der Waals surface area contributed by atoms with Crippen molar-refractivity contribution in [1.82, 2.24) is 0 Å². The molecule has 0 aromatic heterocycles. The second-order valence-electron chi connectivity index (χ2n) is 1.65. The van der Waals surface area contributed by atoms with Crippen LogP contribution >= 0.6 is 0 Å². The number of amidine groups is 1. The molecule has 0 aliphatic rings. The van der Waals surface area contributed by atoms with Crippen LogP contribution in [0.2, 0.25) is 0 Å². The summed E-state index contributed by atoms with van der Waals surface area (Å²) in [5.41, 5.74) is 6.14. The Kier molecular flexibility index (Phi) is 3.51. The molecule has 0 fully saturated rings. The number of hydrogen-bond donors (Lipinski definition) is 2. The summed E-state index contributed by atoms with van der Waals surface area (Å²) in [5.74, 6) is 0.208. The van der Waals surface area contributed by atoms with Crippen molar-refractivity contribution >= 4 is 5.84 Å². The molecule has 0 saturated carbocycles. The van der Waals surface area contributed by atoms with E-state index < -0.39 is 0 Å². The van der Waals surface area contributed by atoms with Crippen LogP contribution in [0.4, 0.5) is 0 Å². The molecule has 3 nitrogen and oxygen atoms in total. The number of hydrogen-bond acceptors (Lipinski definition) is 2. The van der Waals surface area contributed by atoms with Gasteiger partial charge in [0, 0.05) is 0 Å². The maximum atomic E-state index is 8.19. The molecule has 0 unspecified atom stereocenters. The predicted octanol–water partition coefficient (Wildman–Crippen LogP) is 1.09. The number of nitrogens with zero attached hydrogens (tertiary/aromatic N) is 1. The first kappa shape index (κ1) is 8.01. The lowest BCUT2D eigenvalue weighted by atomic mass is 10.2. The van der Waals surface area contributed by atoms with Gasteiger partial charge in [0.05, 0.1) is 0 Å². The smallest absolute Gasteiger partial charge is 0.165 e. The van der Waals surface area contributed by atoms with Gasteiger partial charge in [0.1, 0.15) is 0 Å². The Hall–Kier alpha value is -0.990. The van der Waals surface area contributed by atoms with Crippen molar-refractivity contribution in [1.29, 1.82) is 0 Å². The van der Waals surface area contributed by atoms with Crippen molar-refractivity contribution in [2.24, 2.45) is 10.9 Å². The van der Waals surface area contributed by atoms with Gasteiger partial charge in [-0.2, -0.15) is 0 Å². The monoisotopic (exact) mass is 128 g/mol. The summed E-state index contributed by atoms with van der Waals surface area (Å²) in [6.45, 7) is 3.81. The van der Waals surface area contributed by atoms with Crippen LogP contribution < -0.4 is 5.73 Å². The van der Waals surface area contributed by atoms with E-state index in [2.05, 4.69) is 5.16 Å². The lowest BCUT2D eigenvalue weighted by Gasteiger charge is -1.97. The average Bonchev–Trinajstić information content (AvgIpc) is 1.90. The minimum atomic E-state index is 0.208. The molecule has 3 heteroatoms. The van der Waals surface area contributed by atoms with Crippen LogP contribution in [0.15, 0.2) is 16.8 Å². The van der Waals surface area contributed by atoms with Crippen LogP contribution in [-0.4, -0.2) is 11.0 Å². The van der Waals surface area contributed by atoms with E-state index in [0.717, 1.165) is 12.0 Å². The zero-order chi connectivity index (χ0) is 7.28. The lowest BCUT2D eigenvalue weighted by molar-refractivity contribution is 0.318. The van der Waals surface area contributed by atoms with Gasteiger partial charge in [-0.25, -0.2) is 0 Å². The minimum Gasteiger partial charge on any atom is -0.409 e. The first-order chi connectivity index (χ1) is 4.26. The van der Waals surface area contributed by atoms with Gasteiger partial charge in [-0.05, 0) is 18.9 Å². The summed E-state index contributed by atoms with van der Waals surface area (Å²) >= 11 is 0. The van der Waals surface area contributed by atoms with Crippen LogP contribution in [0.1, 0.15) is 20.3 Å².